The number of nitrogens with zero attached hydrogens (tertiary/aromatic N) is 4. The van der Waals surface area contributed by atoms with Crippen molar-refractivity contribution in [1.82, 2.24) is 25.1 Å². The number of halogens is 1. The van der Waals surface area contributed by atoms with E-state index in [-0.39, 0.29) is 29.4 Å². The molecule has 1 aliphatic rings. The van der Waals surface area contributed by atoms with E-state index < -0.39 is 17.2 Å². The summed E-state index contributed by atoms with van der Waals surface area (Å²) in [5, 5.41) is 9.94. The molecule has 192 valence electrons. The molecule has 0 saturated carbocycles. The maximum Gasteiger partial charge on any atom is 0.251 e. The number of ether oxygens (including phenoxy) is 4. The quantitative estimate of drug-likeness (QED) is 0.456. The summed E-state index contributed by atoms with van der Waals surface area (Å²) < 4.78 is 38.7. The van der Waals surface area contributed by atoms with Gasteiger partial charge in [0.2, 0.25) is 5.95 Å². The van der Waals surface area contributed by atoms with Crippen LogP contribution in [0.1, 0.15) is 36.7 Å². The zero-order chi connectivity index (χ0) is 25.9. The highest BCUT2D eigenvalue weighted by molar-refractivity contribution is 5.94. The average molecular weight is 501 g/mol. The molecule has 1 fully saturated rings. The van der Waals surface area contributed by atoms with Gasteiger partial charge >= 0.3 is 0 Å². The van der Waals surface area contributed by atoms with E-state index in [1.165, 1.54) is 38.7 Å². The lowest BCUT2D eigenvalue weighted by atomic mass is 10.1. The number of nitrogens with one attached hydrogen (secondary N) is 2. The lowest BCUT2D eigenvalue weighted by Crippen LogP contribution is -2.35. The van der Waals surface area contributed by atoms with Gasteiger partial charge in [-0.1, -0.05) is 0 Å². The van der Waals surface area contributed by atoms with Crippen molar-refractivity contribution >= 4 is 17.5 Å². The van der Waals surface area contributed by atoms with Crippen LogP contribution in [-0.2, 0) is 22.6 Å². The number of carbonyl (C=O) groups excluding carboxylic acids is 1. The van der Waals surface area contributed by atoms with Gasteiger partial charge < -0.3 is 29.6 Å². The normalized spacial score (nSPS) is 18.6. The number of amides is 1. The lowest BCUT2D eigenvalue weighted by molar-refractivity contribution is -0.160. The Kier molecular flexibility index (Phi) is 7.09. The van der Waals surface area contributed by atoms with Crippen LogP contribution < -0.4 is 20.1 Å². The van der Waals surface area contributed by atoms with Crippen LogP contribution in [0.15, 0.2) is 36.9 Å². The van der Waals surface area contributed by atoms with Crippen molar-refractivity contribution in [3.8, 4) is 11.5 Å². The molecule has 0 bridgehead atoms. The highest BCUT2D eigenvalue weighted by Gasteiger charge is 2.42. The largest absolute Gasteiger partial charge is 0.494 e. The van der Waals surface area contributed by atoms with Gasteiger partial charge in [0.25, 0.3) is 5.91 Å². The Balaban J connectivity index is 1.36. The third-order valence-corrected chi connectivity index (χ3v) is 5.45. The molecule has 3 heterocycles. The van der Waals surface area contributed by atoms with Crippen molar-refractivity contribution in [3.05, 3.63) is 53.9 Å². The molecular formula is C24H29FN6O5. The summed E-state index contributed by atoms with van der Waals surface area (Å²) in [6.45, 7) is 6.60. The van der Waals surface area contributed by atoms with E-state index in [2.05, 4.69) is 25.7 Å². The van der Waals surface area contributed by atoms with Gasteiger partial charge in [0.05, 0.1) is 44.5 Å². The highest BCUT2D eigenvalue weighted by Crippen LogP contribution is 2.32. The van der Waals surface area contributed by atoms with Crippen molar-refractivity contribution in [1.29, 1.82) is 0 Å². The number of anilines is 2. The first kappa shape index (κ1) is 25.3. The van der Waals surface area contributed by atoms with E-state index in [0.29, 0.717) is 30.5 Å². The molecule has 0 spiro atoms. The van der Waals surface area contributed by atoms with Crippen LogP contribution in [0.2, 0.25) is 0 Å². The fourth-order valence-corrected chi connectivity index (χ4v) is 3.84. The minimum atomic E-state index is -0.620. The second kappa shape index (κ2) is 10.1. The maximum absolute atomic E-state index is 14.6. The third kappa shape index (κ3) is 5.89. The molecule has 1 amide bonds. The number of benzene rings is 1. The number of rotatable bonds is 9. The number of aromatic nitrogens is 4. The van der Waals surface area contributed by atoms with Crippen LogP contribution in [0, 0.1) is 5.82 Å². The molecule has 1 aromatic carbocycles. The SMILES string of the molecule is CNC(=O)c1cc(COc2cnc(Nc3cnn(C[C@@]4(C)COC(C)(C)O4)c3)nc2)c(F)c(OC)c1. The minimum Gasteiger partial charge on any atom is -0.494 e. The fraction of sp³-hybridized carbons (Fsp3) is 0.417. The molecule has 12 heteroatoms. The number of methoxy groups -OCH3 is 1. The summed E-state index contributed by atoms with van der Waals surface area (Å²) in [4.78, 5) is 20.4. The third-order valence-electron chi connectivity index (χ3n) is 5.45. The second-order valence-electron chi connectivity index (χ2n) is 9.05. The van der Waals surface area contributed by atoms with Gasteiger partial charge in [0.1, 0.15) is 12.2 Å². The van der Waals surface area contributed by atoms with Gasteiger partial charge in [-0.3, -0.25) is 9.48 Å². The Morgan fingerprint density at radius 1 is 1.22 bits per heavy atom. The maximum atomic E-state index is 14.6. The molecule has 36 heavy (non-hydrogen) atoms. The molecule has 2 aromatic heterocycles. The predicted octanol–water partition coefficient (Wildman–Crippen LogP) is 3.04. The van der Waals surface area contributed by atoms with Crippen LogP contribution in [0.4, 0.5) is 16.0 Å². The van der Waals surface area contributed by atoms with Gasteiger partial charge in [-0.2, -0.15) is 5.10 Å². The number of hydrogen-bond acceptors (Lipinski definition) is 9. The summed E-state index contributed by atoms with van der Waals surface area (Å²) in [5.74, 6) is -0.966. The van der Waals surface area contributed by atoms with E-state index in [4.69, 9.17) is 18.9 Å². The Morgan fingerprint density at radius 2 is 1.97 bits per heavy atom. The highest BCUT2D eigenvalue weighted by atomic mass is 19.1. The zero-order valence-electron chi connectivity index (χ0n) is 20.8. The van der Waals surface area contributed by atoms with Gasteiger partial charge in [-0.15, -0.1) is 0 Å². The molecule has 0 unspecified atom stereocenters. The molecule has 11 nitrogen and oxygen atoms in total. The van der Waals surface area contributed by atoms with Gasteiger partial charge in [0.15, 0.2) is 23.1 Å². The van der Waals surface area contributed by atoms with Crippen LogP contribution >= 0.6 is 0 Å². The average Bonchev–Trinajstić information content (AvgIpc) is 3.40. The van der Waals surface area contributed by atoms with Gasteiger partial charge in [-0.05, 0) is 32.9 Å². The molecule has 1 aliphatic heterocycles. The van der Waals surface area contributed by atoms with Crippen molar-refractivity contribution in [2.45, 2.75) is 45.3 Å². The first-order valence-electron chi connectivity index (χ1n) is 11.3. The Bertz CT molecular complexity index is 1230. The zero-order valence-corrected chi connectivity index (χ0v) is 20.8. The standard InChI is InChI=1S/C24H29FN6O5/c1-23(2)35-14-24(3,36-23)13-31-11-17(8-29-31)30-22-27-9-18(10-28-22)34-12-16-6-15(21(32)26-4)7-19(33-5)20(16)25/h6-11H,12-14H2,1-5H3,(H,26,32)(H,27,28,30)/t24-/m0/s1. The fourth-order valence-electron chi connectivity index (χ4n) is 3.84. The lowest BCUT2D eigenvalue weighted by Gasteiger charge is -2.24. The summed E-state index contributed by atoms with van der Waals surface area (Å²) >= 11 is 0. The van der Waals surface area contributed by atoms with Crippen molar-refractivity contribution < 1.29 is 28.1 Å². The van der Waals surface area contributed by atoms with Crippen LogP contribution in [0.5, 0.6) is 11.5 Å². The molecule has 4 rings (SSSR count). The molecule has 0 aliphatic carbocycles. The van der Waals surface area contributed by atoms with E-state index >= 15 is 0 Å². The van der Waals surface area contributed by atoms with E-state index in [0.717, 1.165) is 0 Å². The van der Waals surface area contributed by atoms with Crippen molar-refractivity contribution in [2.75, 3.05) is 26.1 Å². The second-order valence-corrected chi connectivity index (χ2v) is 9.05. The predicted molar refractivity (Wildman–Crippen MR) is 128 cm³/mol. The van der Waals surface area contributed by atoms with Crippen molar-refractivity contribution in [2.24, 2.45) is 0 Å². The van der Waals surface area contributed by atoms with Crippen LogP contribution in [0.25, 0.3) is 0 Å². The summed E-state index contributed by atoms with van der Waals surface area (Å²) in [6.07, 6.45) is 6.41. The summed E-state index contributed by atoms with van der Waals surface area (Å²) in [5.41, 5.74) is 0.642. The Hall–Kier alpha value is -3.77. The van der Waals surface area contributed by atoms with Crippen LogP contribution in [-0.4, -0.2) is 57.8 Å². The molecule has 1 saturated heterocycles. The summed E-state index contributed by atoms with van der Waals surface area (Å²) in [6, 6.07) is 2.74. The molecule has 3 aromatic rings. The minimum absolute atomic E-state index is 0.0456. The van der Waals surface area contributed by atoms with Crippen LogP contribution in [0.3, 0.4) is 0 Å². The Labute approximate surface area is 207 Å². The Morgan fingerprint density at radius 3 is 2.61 bits per heavy atom. The van der Waals surface area contributed by atoms with Gasteiger partial charge in [0, 0.05) is 24.4 Å². The first-order chi connectivity index (χ1) is 17.1. The molecule has 2 N–H and O–H groups in total. The monoisotopic (exact) mass is 500 g/mol. The smallest absolute Gasteiger partial charge is 0.251 e. The molecule has 0 radical (unpaired) electrons. The van der Waals surface area contributed by atoms with E-state index in [9.17, 15) is 9.18 Å². The van der Waals surface area contributed by atoms with E-state index in [1.807, 2.05) is 27.0 Å². The van der Waals surface area contributed by atoms with Gasteiger partial charge in [-0.25, -0.2) is 14.4 Å². The summed E-state index contributed by atoms with van der Waals surface area (Å²) in [7, 11) is 2.82. The van der Waals surface area contributed by atoms with Crippen molar-refractivity contribution in [3.63, 3.8) is 0 Å². The first-order valence-corrected chi connectivity index (χ1v) is 11.3. The molecule has 1 atom stereocenters. The van der Waals surface area contributed by atoms with E-state index in [1.54, 1.807) is 10.9 Å². The molecular weight excluding hydrogens is 471 g/mol. The number of hydrogen-bond donors (Lipinski definition) is 2. The number of carbonyl (C=O) groups is 1. The topological polar surface area (TPSA) is 122 Å².